The predicted octanol–water partition coefficient (Wildman–Crippen LogP) is 2.92. The average Bonchev–Trinajstić information content (AvgIpc) is 2.10. The fraction of sp³-hybridized carbons (Fsp3) is 1.00. The summed E-state index contributed by atoms with van der Waals surface area (Å²) in [6.07, 6.45) is -0.108. The lowest BCUT2D eigenvalue weighted by Crippen LogP contribution is -2.56. The molecular formula is C12H23F2NO. The minimum atomic E-state index is -2.54. The van der Waals surface area contributed by atoms with Gasteiger partial charge >= 0.3 is 0 Å². The van der Waals surface area contributed by atoms with Crippen molar-refractivity contribution in [2.24, 2.45) is 0 Å². The van der Waals surface area contributed by atoms with Gasteiger partial charge in [0, 0.05) is 37.6 Å². The molecule has 1 heterocycles. The molecule has 2 unspecified atom stereocenters. The lowest BCUT2D eigenvalue weighted by molar-refractivity contribution is -0.121. The maximum absolute atomic E-state index is 13.5. The molecule has 0 amide bonds. The van der Waals surface area contributed by atoms with Crippen molar-refractivity contribution in [3.8, 4) is 0 Å². The molecule has 1 aliphatic rings. The summed E-state index contributed by atoms with van der Waals surface area (Å²) in [7, 11) is 0. The Hall–Kier alpha value is -0.220. The summed E-state index contributed by atoms with van der Waals surface area (Å²) in [5.74, 6) is -2.54. The lowest BCUT2D eigenvalue weighted by atomic mass is 9.92. The van der Waals surface area contributed by atoms with Crippen molar-refractivity contribution in [3.63, 3.8) is 0 Å². The van der Waals surface area contributed by atoms with Crippen molar-refractivity contribution in [3.05, 3.63) is 0 Å². The number of rotatable bonds is 4. The van der Waals surface area contributed by atoms with Crippen LogP contribution in [0.2, 0.25) is 0 Å². The number of halogens is 2. The van der Waals surface area contributed by atoms with Gasteiger partial charge in [0.25, 0.3) is 5.92 Å². The van der Waals surface area contributed by atoms with Crippen molar-refractivity contribution in [1.82, 2.24) is 4.90 Å². The van der Waals surface area contributed by atoms with Crippen LogP contribution in [0.25, 0.3) is 0 Å². The molecule has 16 heavy (non-hydrogen) atoms. The summed E-state index contributed by atoms with van der Waals surface area (Å²) >= 11 is 0. The van der Waals surface area contributed by atoms with Gasteiger partial charge in [0.2, 0.25) is 0 Å². The summed E-state index contributed by atoms with van der Waals surface area (Å²) in [5, 5.41) is 0. The Morgan fingerprint density at radius 1 is 1.38 bits per heavy atom. The van der Waals surface area contributed by atoms with Gasteiger partial charge in [-0.25, -0.2) is 8.78 Å². The third kappa shape index (κ3) is 3.39. The van der Waals surface area contributed by atoms with Gasteiger partial charge in [0.1, 0.15) is 0 Å². The SMILES string of the molecule is CCOCC1CC(F)(F)CC(C)N1C(C)C. The zero-order valence-electron chi connectivity index (χ0n) is 10.7. The van der Waals surface area contributed by atoms with Crippen molar-refractivity contribution >= 4 is 0 Å². The normalized spacial score (nSPS) is 30.9. The highest BCUT2D eigenvalue weighted by Gasteiger charge is 2.44. The molecule has 1 aliphatic heterocycles. The first kappa shape index (κ1) is 13.8. The molecule has 0 saturated carbocycles. The van der Waals surface area contributed by atoms with Crippen LogP contribution in [-0.4, -0.2) is 42.2 Å². The van der Waals surface area contributed by atoms with Crippen LogP contribution in [0.1, 0.15) is 40.5 Å². The fourth-order valence-corrected chi connectivity index (χ4v) is 2.76. The van der Waals surface area contributed by atoms with Crippen LogP contribution in [0, 0.1) is 0 Å². The molecule has 0 aromatic rings. The number of hydrogen-bond acceptors (Lipinski definition) is 2. The van der Waals surface area contributed by atoms with Crippen LogP contribution in [-0.2, 0) is 4.74 Å². The molecule has 0 aromatic carbocycles. The van der Waals surface area contributed by atoms with E-state index >= 15 is 0 Å². The number of ether oxygens (including phenoxy) is 1. The van der Waals surface area contributed by atoms with Crippen LogP contribution >= 0.6 is 0 Å². The van der Waals surface area contributed by atoms with Crippen LogP contribution < -0.4 is 0 Å². The second-order valence-corrected chi connectivity index (χ2v) is 4.97. The summed E-state index contributed by atoms with van der Waals surface area (Å²) in [6, 6.07) is 0.0597. The number of piperidine rings is 1. The molecular weight excluding hydrogens is 212 g/mol. The molecule has 0 radical (unpaired) electrons. The molecule has 4 heteroatoms. The van der Waals surface area contributed by atoms with Gasteiger partial charge in [-0.05, 0) is 27.7 Å². The topological polar surface area (TPSA) is 12.5 Å². The van der Waals surface area contributed by atoms with Gasteiger partial charge < -0.3 is 4.74 Å². The Labute approximate surface area is 97.0 Å². The third-order valence-corrected chi connectivity index (χ3v) is 3.17. The highest BCUT2D eigenvalue weighted by Crippen LogP contribution is 2.36. The van der Waals surface area contributed by atoms with Gasteiger partial charge in [0.05, 0.1) is 6.61 Å². The van der Waals surface area contributed by atoms with Crippen LogP contribution in [0.5, 0.6) is 0 Å². The van der Waals surface area contributed by atoms with Crippen molar-refractivity contribution in [2.75, 3.05) is 13.2 Å². The van der Waals surface area contributed by atoms with Crippen molar-refractivity contribution < 1.29 is 13.5 Å². The molecule has 96 valence electrons. The average molecular weight is 235 g/mol. The first-order valence-electron chi connectivity index (χ1n) is 6.10. The molecule has 0 N–H and O–H groups in total. The number of nitrogens with zero attached hydrogens (tertiary/aromatic N) is 1. The summed E-state index contributed by atoms with van der Waals surface area (Å²) in [4.78, 5) is 2.16. The molecule has 0 bridgehead atoms. The Bertz CT molecular complexity index is 221. The van der Waals surface area contributed by atoms with Gasteiger partial charge in [-0.1, -0.05) is 0 Å². The number of hydrogen-bond donors (Lipinski definition) is 0. The predicted molar refractivity (Wildman–Crippen MR) is 60.9 cm³/mol. The van der Waals surface area contributed by atoms with Crippen LogP contribution in [0.4, 0.5) is 8.78 Å². The monoisotopic (exact) mass is 235 g/mol. The maximum Gasteiger partial charge on any atom is 0.251 e. The molecule has 1 rings (SSSR count). The Morgan fingerprint density at radius 3 is 2.50 bits per heavy atom. The molecule has 0 aliphatic carbocycles. The highest BCUT2D eigenvalue weighted by atomic mass is 19.3. The number of alkyl halides is 2. The van der Waals surface area contributed by atoms with E-state index < -0.39 is 5.92 Å². The van der Waals surface area contributed by atoms with Gasteiger partial charge in [0.15, 0.2) is 0 Å². The quantitative estimate of drug-likeness (QED) is 0.743. The molecule has 2 atom stereocenters. The molecule has 1 saturated heterocycles. The van der Waals surface area contributed by atoms with Crippen LogP contribution in [0.3, 0.4) is 0 Å². The van der Waals surface area contributed by atoms with Crippen molar-refractivity contribution in [1.29, 1.82) is 0 Å². The minimum absolute atomic E-state index is 0.0339. The second-order valence-electron chi connectivity index (χ2n) is 4.97. The summed E-state index contributed by atoms with van der Waals surface area (Å²) in [6.45, 7) is 8.88. The van der Waals surface area contributed by atoms with Gasteiger partial charge in [-0.3, -0.25) is 4.90 Å². The van der Waals surface area contributed by atoms with Gasteiger partial charge in [-0.15, -0.1) is 0 Å². The van der Waals surface area contributed by atoms with Gasteiger partial charge in [-0.2, -0.15) is 0 Å². The zero-order valence-corrected chi connectivity index (χ0v) is 10.7. The zero-order chi connectivity index (χ0) is 12.3. The van der Waals surface area contributed by atoms with E-state index in [9.17, 15) is 8.78 Å². The minimum Gasteiger partial charge on any atom is -0.380 e. The summed E-state index contributed by atoms with van der Waals surface area (Å²) < 4.78 is 32.3. The van der Waals surface area contributed by atoms with E-state index in [4.69, 9.17) is 4.74 Å². The molecule has 0 spiro atoms. The standard InChI is InChI=1S/C12H23F2NO/c1-5-16-8-11-7-12(13,14)6-10(4)15(11)9(2)3/h9-11H,5-8H2,1-4H3. The maximum atomic E-state index is 13.5. The van der Waals surface area contributed by atoms with E-state index in [1.165, 1.54) is 0 Å². The second kappa shape index (κ2) is 5.41. The summed E-state index contributed by atoms with van der Waals surface area (Å²) in [5.41, 5.74) is 0. The Morgan fingerprint density at radius 2 is 2.00 bits per heavy atom. The van der Waals surface area contributed by atoms with E-state index in [0.29, 0.717) is 13.2 Å². The van der Waals surface area contributed by atoms with E-state index in [1.54, 1.807) is 0 Å². The fourth-order valence-electron chi connectivity index (χ4n) is 2.76. The largest absolute Gasteiger partial charge is 0.380 e. The first-order valence-corrected chi connectivity index (χ1v) is 6.10. The molecule has 1 fully saturated rings. The van der Waals surface area contributed by atoms with Crippen molar-refractivity contribution in [2.45, 2.75) is 64.6 Å². The van der Waals surface area contributed by atoms with E-state index in [0.717, 1.165) is 0 Å². The Balaban J connectivity index is 2.71. The van der Waals surface area contributed by atoms with E-state index in [2.05, 4.69) is 18.7 Å². The lowest BCUT2D eigenvalue weighted by Gasteiger charge is -2.46. The number of likely N-dealkylation sites (tertiary alicyclic amines) is 1. The molecule has 2 nitrogen and oxygen atoms in total. The third-order valence-electron chi connectivity index (χ3n) is 3.17. The first-order chi connectivity index (χ1) is 7.37. The molecule has 0 aromatic heterocycles. The van der Waals surface area contributed by atoms with E-state index in [1.807, 2.05) is 13.8 Å². The van der Waals surface area contributed by atoms with Crippen LogP contribution in [0.15, 0.2) is 0 Å². The van der Waals surface area contributed by atoms with E-state index in [-0.39, 0.29) is 31.0 Å². The Kier molecular flexibility index (Phi) is 4.68. The highest BCUT2D eigenvalue weighted by molar-refractivity contribution is 4.92. The smallest absolute Gasteiger partial charge is 0.251 e.